The third-order valence-corrected chi connectivity index (χ3v) is 4.42. The molecule has 4 rings (SSSR count). The molecular weight excluding hydrogens is 405 g/mol. The lowest BCUT2D eigenvalue weighted by atomic mass is 10.2. The molecule has 0 atom stereocenters. The highest BCUT2D eigenvalue weighted by molar-refractivity contribution is 7.80. The number of nitrogens with one attached hydrogen (secondary N) is 2. The Morgan fingerprint density at radius 1 is 1.17 bits per heavy atom. The number of nitrogens with zero attached hydrogens (tertiary/aromatic N) is 3. The van der Waals surface area contributed by atoms with E-state index in [2.05, 4.69) is 20.8 Å². The Kier molecular flexibility index (Phi) is 5.36. The molecule has 2 heterocycles. The summed E-state index contributed by atoms with van der Waals surface area (Å²) < 4.78 is 18.3. The predicted octanol–water partition coefficient (Wildman–Crippen LogP) is 3.99. The van der Waals surface area contributed by atoms with Gasteiger partial charge in [0.1, 0.15) is 22.6 Å². The second kappa shape index (κ2) is 8.26. The van der Waals surface area contributed by atoms with Crippen molar-refractivity contribution in [3.63, 3.8) is 0 Å². The molecule has 150 valence electrons. The minimum atomic E-state index is -0.384. The number of benzene rings is 2. The minimum absolute atomic E-state index is 0.150. The fourth-order valence-electron chi connectivity index (χ4n) is 2.74. The second-order valence-electron chi connectivity index (χ2n) is 6.41. The van der Waals surface area contributed by atoms with Crippen LogP contribution in [0.4, 0.5) is 10.1 Å². The molecule has 0 aliphatic rings. The number of furan rings is 1. The lowest BCUT2D eigenvalue weighted by Gasteiger charge is -2.10. The zero-order valence-corrected chi connectivity index (χ0v) is 16.6. The Labute approximate surface area is 176 Å². The number of rotatable bonds is 4. The van der Waals surface area contributed by atoms with Gasteiger partial charge in [0, 0.05) is 11.8 Å². The SMILES string of the molecule is Cc1cc2nn(-c3ccc(F)cc3)nc2cc1NC(=S)NC(=O)/C=C/c1ccco1. The number of amides is 1. The predicted molar refractivity (Wildman–Crippen MR) is 116 cm³/mol. The van der Waals surface area contributed by atoms with Crippen LogP contribution in [-0.4, -0.2) is 26.0 Å². The molecule has 0 bridgehead atoms. The Morgan fingerprint density at radius 3 is 2.60 bits per heavy atom. The van der Waals surface area contributed by atoms with Crippen LogP contribution < -0.4 is 10.6 Å². The van der Waals surface area contributed by atoms with Crippen LogP contribution in [0.1, 0.15) is 11.3 Å². The number of hydrogen-bond donors (Lipinski definition) is 2. The maximum Gasteiger partial charge on any atom is 0.250 e. The molecule has 0 aliphatic carbocycles. The summed E-state index contributed by atoms with van der Waals surface area (Å²) in [5.41, 5.74) is 3.51. The zero-order valence-electron chi connectivity index (χ0n) is 15.8. The van der Waals surface area contributed by atoms with Crippen molar-refractivity contribution in [2.75, 3.05) is 5.32 Å². The molecule has 1 amide bonds. The van der Waals surface area contributed by atoms with E-state index >= 15 is 0 Å². The first-order chi connectivity index (χ1) is 14.5. The quantitative estimate of drug-likeness (QED) is 0.383. The number of aryl methyl sites for hydroxylation is 1. The van der Waals surface area contributed by atoms with Crippen molar-refractivity contribution in [2.45, 2.75) is 6.92 Å². The van der Waals surface area contributed by atoms with Gasteiger partial charge in [-0.3, -0.25) is 10.1 Å². The van der Waals surface area contributed by atoms with Gasteiger partial charge in [-0.25, -0.2) is 4.39 Å². The Hall–Kier alpha value is -3.85. The van der Waals surface area contributed by atoms with Crippen LogP contribution in [0.15, 0.2) is 65.3 Å². The van der Waals surface area contributed by atoms with Crippen molar-refractivity contribution < 1.29 is 13.6 Å². The molecule has 4 aromatic rings. The fourth-order valence-corrected chi connectivity index (χ4v) is 2.95. The minimum Gasteiger partial charge on any atom is -0.465 e. The average molecular weight is 421 g/mol. The molecule has 9 heteroatoms. The molecule has 0 fully saturated rings. The van der Waals surface area contributed by atoms with Crippen molar-refractivity contribution in [2.24, 2.45) is 0 Å². The van der Waals surface area contributed by atoms with Crippen LogP contribution >= 0.6 is 12.2 Å². The van der Waals surface area contributed by atoms with Gasteiger partial charge in [0.2, 0.25) is 5.91 Å². The van der Waals surface area contributed by atoms with Crippen molar-refractivity contribution in [3.8, 4) is 5.69 Å². The van der Waals surface area contributed by atoms with E-state index in [0.29, 0.717) is 28.2 Å². The maximum atomic E-state index is 13.1. The summed E-state index contributed by atoms with van der Waals surface area (Å²) in [6.45, 7) is 1.89. The zero-order chi connectivity index (χ0) is 21.1. The standard InChI is InChI=1S/C21H16FN5O2S/c1-13-11-18-19(26-27(25-18)15-6-4-14(22)5-7-15)12-17(13)23-21(30)24-20(28)9-8-16-3-2-10-29-16/h2-12H,1H3,(H2,23,24,28,30)/b9-8+. The first-order valence-corrected chi connectivity index (χ1v) is 9.36. The van der Waals surface area contributed by atoms with E-state index < -0.39 is 0 Å². The number of carbonyl (C=O) groups excluding carboxylic acids is 1. The molecule has 0 saturated carbocycles. The molecule has 7 nitrogen and oxygen atoms in total. The van der Waals surface area contributed by atoms with Crippen LogP contribution in [0, 0.1) is 12.7 Å². The molecule has 0 aliphatic heterocycles. The molecule has 2 aromatic heterocycles. The lowest BCUT2D eigenvalue weighted by Crippen LogP contribution is -2.33. The summed E-state index contributed by atoms with van der Waals surface area (Å²) in [5, 5.41) is 14.6. The number of fused-ring (bicyclic) bond motifs is 1. The molecule has 2 aromatic carbocycles. The van der Waals surface area contributed by atoms with E-state index in [1.54, 1.807) is 36.4 Å². The highest BCUT2D eigenvalue weighted by Gasteiger charge is 2.10. The monoisotopic (exact) mass is 421 g/mol. The summed E-state index contributed by atoms with van der Waals surface area (Å²) in [4.78, 5) is 13.4. The number of hydrogen-bond acceptors (Lipinski definition) is 5. The number of thiocarbonyl (C=S) groups is 1. The van der Waals surface area contributed by atoms with E-state index in [9.17, 15) is 9.18 Å². The summed E-state index contributed by atoms with van der Waals surface area (Å²) in [7, 11) is 0. The van der Waals surface area contributed by atoms with Gasteiger partial charge in [-0.05, 0) is 79.3 Å². The summed E-state index contributed by atoms with van der Waals surface area (Å²) in [5.74, 6) is -0.146. The average Bonchev–Trinajstić information content (AvgIpc) is 3.37. The maximum absolute atomic E-state index is 13.1. The molecule has 0 saturated heterocycles. The first kappa shape index (κ1) is 19.5. The van der Waals surface area contributed by atoms with Crippen LogP contribution in [-0.2, 0) is 4.79 Å². The highest BCUT2D eigenvalue weighted by atomic mass is 32.1. The van der Waals surface area contributed by atoms with Crippen LogP contribution in [0.25, 0.3) is 22.8 Å². The lowest BCUT2D eigenvalue weighted by molar-refractivity contribution is -0.115. The smallest absolute Gasteiger partial charge is 0.250 e. The van der Waals surface area contributed by atoms with Crippen molar-refractivity contribution in [3.05, 3.63) is 78.0 Å². The Morgan fingerprint density at radius 2 is 1.90 bits per heavy atom. The largest absolute Gasteiger partial charge is 0.465 e. The molecule has 30 heavy (non-hydrogen) atoms. The normalized spacial score (nSPS) is 11.1. The van der Waals surface area contributed by atoms with Crippen LogP contribution in [0.2, 0.25) is 0 Å². The summed E-state index contributed by atoms with van der Waals surface area (Å²) in [6.07, 6.45) is 4.40. The molecule has 0 unspecified atom stereocenters. The van der Waals surface area contributed by atoms with E-state index in [4.69, 9.17) is 16.6 Å². The van der Waals surface area contributed by atoms with Gasteiger partial charge >= 0.3 is 0 Å². The second-order valence-corrected chi connectivity index (χ2v) is 6.82. The van der Waals surface area contributed by atoms with Gasteiger partial charge in [0.15, 0.2) is 5.11 Å². The van der Waals surface area contributed by atoms with Gasteiger partial charge in [0.25, 0.3) is 0 Å². The number of anilines is 1. The number of halogens is 1. The van der Waals surface area contributed by atoms with Gasteiger partial charge < -0.3 is 9.73 Å². The molecular formula is C21H16FN5O2S. The van der Waals surface area contributed by atoms with E-state index in [0.717, 1.165) is 5.56 Å². The first-order valence-electron chi connectivity index (χ1n) is 8.95. The van der Waals surface area contributed by atoms with Gasteiger partial charge in [0.05, 0.1) is 12.0 Å². The van der Waals surface area contributed by atoms with Gasteiger partial charge in [-0.2, -0.15) is 4.80 Å². The summed E-state index contributed by atoms with van der Waals surface area (Å²) in [6, 6.07) is 13.0. The molecule has 0 radical (unpaired) electrons. The van der Waals surface area contributed by atoms with Gasteiger partial charge in [-0.15, -0.1) is 10.2 Å². The number of aromatic nitrogens is 3. The van der Waals surface area contributed by atoms with Crippen LogP contribution in [0.3, 0.4) is 0 Å². The van der Waals surface area contributed by atoms with Gasteiger partial charge in [-0.1, -0.05) is 0 Å². The Bertz CT molecular complexity index is 1250. The third-order valence-electron chi connectivity index (χ3n) is 4.21. The van der Waals surface area contributed by atoms with E-state index in [1.165, 1.54) is 29.3 Å². The highest BCUT2D eigenvalue weighted by Crippen LogP contribution is 2.22. The van der Waals surface area contributed by atoms with Crippen molar-refractivity contribution in [1.29, 1.82) is 0 Å². The Balaban J connectivity index is 1.48. The van der Waals surface area contributed by atoms with E-state index in [-0.39, 0.29) is 16.8 Å². The topological polar surface area (TPSA) is 85.0 Å². The third kappa shape index (κ3) is 4.41. The van der Waals surface area contributed by atoms with Crippen molar-refractivity contribution >= 4 is 46.0 Å². The van der Waals surface area contributed by atoms with Crippen LogP contribution in [0.5, 0.6) is 0 Å². The molecule has 2 N–H and O–H groups in total. The van der Waals surface area contributed by atoms with Crippen molar-refractivity contribution in [1.82, 2.24) is 20.3 Å². The van der Waals surface area contributed by atoms with E-state index in [1.807, 2.05) is 13.0 Å². The summed E-state index contributed by atoms with van der Waals surface area (Å²) >= 11 is 5.23. The number of carbonyl (C=O) groups is 1. The fraction of sp³-hybridized carbons (Fsp3) is 0.0476. The molecule has 0 spiro atoms.